The zero-order valence-corrected chi connectivity index (χ0v) is 22.9. The second-order valence-electron chi connectivity index (χ2n) is 8.40. The van der Waals surface area contributed by atoms with Gasteiger partial charge in [-0.1, -0.05) is 71.9 Å². The largest absolute Gasteiger partial charge is 0.486 e. The average Bonchev–Trinajstić information content (AvgIpc) is 3.55. The van der Waals surface area contributed by atoms with Gasteiger partial charge in [-0.15, -0.1) is 21.5 Å². The summed E-state index contributed by atoms with van der Waals surface area (Å²) in [5.41, 5.74) is 3.04. The van der Waals surface area contributed by atoms with E-state index >= 15 is 0 Å². The first-order chi connectivity index (χ1) is 18.5. The summed E-state index contributed by atoms with van der Waals surface area (Å²) >= 11 is 9.01. The maximum Gasteiger partial charge on any atom is 0.236 e. The fourth-order valence-electron chi connectivity index (χ4n) is 3.67. The predicted octanol–water partition coefficient (Wildman–Crippen LogP) is 6.59. The molecule has 0 bridgehead atoms. The number of aryl methyl sites for hydroxylation is 1. The van der Waals surface area contributed by atoms with Crippen molar-refractivity contribution in [3.05, 3.63) is 112 Å². The molecule has 2 heterocycles. The number of anilines is 1. The van der Waals surface area contributed by atoms with Crippen LogP contribution in [0.25, 0.3) is 5.69 Å². The molecular formula is C28H24ClN5O2S2. The number of carbonyl (C=O) groups excluding carboxylic acids is 1. The van der Waals surface area contributed by atoms with E-state index in [1.165, 1.54) is 23.1 Å². The minimum absolute atomic E-state index is 0.160. The summed E-state index contributed by atoms with van der Waals surface area (Å²) < 4.78 is 7.82. The van der Waals surface area contributed by atoms with E-state index in [0.29, 0.717) is 22.5 Å². The van der Waals surface area contributed by atoms with E-state index in [1.807, 2.05) is 84.3 Å². The second-order valence-corrected chi connectivity index (χ2v) is 10.9. The lowest BCUT2D eigenvalue weighted by atomic mass is 10.1. The Labute approximate surface area is 233 Å². The molecule has 1 amide bonds. The van der Waals surface area contributed by atoms with Crippen molar-refractivity contribution in [2.75, 3.05) is 11.1 Å². The summed E-state index contributed by atoms with van der Waals surface area (Å²) in [7, 11) is 0. The number of nitrogens with zero attached hydrogens (tertiary/aromatic N) is 4. The van der Waals surface area contributed by atoms with Gasteiger partial charge in [0.2, 0.25) is 5.91 Å². The molecule has 0 saturated heterocycles. The topological polar surface area (TPSA) is 81.9 Å². The maximum atomic E-state index is 12.7. The standard InChI is InChI=1S/C28H24ClN5O2S2/c1-19-12-13-20(15-24(19)29)14-23-16-30-27(38-23)31-26(35)18-37-28-33-32-25(17-36-22-10-6-3-7-11-22)34(28)21-8-4-2-5-9-21/h2-13,15-16H,14,17-18H2,1H3,(H,30,31,35). The summed E-state index contributed by atoms with van der Waals surface area (Å²) in [6.07, 6.45) is 2.49. The number of hydrogen-bond donors (Lipinski definition) is 1. The smallest absolute Gasteiger partial charge is 0.236 e. The van der Waals surface area contributed by atoms with Gasteiger partial charge in [0.05, 0.1) is 5.75 Å². The monoisotopic (exact) mass is 561 g/mol. The molecule has 7 nitrogen and oxygen atoms in total. The summed E-state index contributed by atoms with van der Waals surface area (Å²) in [6, 6.07) is 25.4. The van der Waals surface area contributed by atoms with E-state index in [0.717, 1.165) is 32.5 Å². The van der Waals surface area contributed by atoms with Crippen molar-refractivity contribution in [1.29, 1.82) is 0 Å². The molecule has 3 aromatic carbocycles. The Morgan fingerprint density at radius 2 is 1.82 bits per heavy atom. The molecule has 5 rings (SSSR count). The lowest BCUT2D eigenvalue weighted by Crippen LogP contribution is -2.14. The van der Waals surface area contributed by atoms with Crippen molar-refractivity contribution in [2.24, 2.45) is 0 Å². The molecule has 0 fully saturated rings. The van der Waals surface area contributed by atoms with Gasteiger partial charge in [0, 0.05) is 28.2 Å². The summed E-state index contributed by atoms with van der Waals surface area (Å²) in [5.74, 6) is 1.38. The van der Waals surface area contributed by atoms with Gasteiger partial charge in [-0.3, -0.25) is 9.36 Å². The van der Waals surface area contributed by atoms with Crippen LogP contribution in [-0.4, -0.2) is 31.4 Å². The Morgan fingerprint density at radius 3 is 2.58 bits per heavy atom. The number of ether oxygens (including phenoxy) is 1. The number of para-hydroxylation sites is 2. The molecule has 192 valence electrons. The number of nitrogens with one attached hydrogen (secondary N) is 1. The van der Waals surface area contributed by atoms with Crippen molar-refractivity contribution < 1.29 is 9.53 Å². The molecule has 0 aliphatic rings. The van der Waals surface area contributed by atoms with Crippen molar-refractivity contribution in [3.63, 3.8) is 0 Å². The van der Waals surface area contributed by atoms with Crippen molar-refractivity contribution in [3.8, 4) is 11.4 Å². The predicted molar refractivity (Wildman–Crippen MR) is 153 cm³/mol. The van der Waals surface area contributed by atoms with E-state index < -0.39 is 0 Å². The van der Waals surface area contributed by atoms with Crippen LogP contribution in [0.3, 0.4) is 0 Å². The molecule has 0 unspecified atom stereocenters. The van der Waals surface area contributed by atoms with Crippen LogP contribution in [0.15, 0.2) is 90.2 Å². The molecule has 0 radical (unpaired) electrons. The number of hydrogen-bond acceptors (Lipinski definition) is 7. The highest BCUT2D eigenvalue weighted by Gasteiger charge is 2.17. The fourth-order valence-corrected chi connectivity index (χ4v) is 5.51. The number of benzene rings is 3. The number of aromatic nitrogens is 4. The number of rotatable bonds is 10. The first kappa shape index (κ1) is 26.0. The Morgan fingerprint density at radius 1 is 1.05 bits per heavy atom. The van der Waals surface area contributed by atoms with Gasteiger partial charge in [0.15, 0.2) is 16.1 Å². The first-order valence-corrected chi connectivity index (χ1v) is 14.0. The van der Waals surface area contributed by atoms with Crippen LogP contribution < -0.4 is 10.1 Å². The molecule has 0 atom stereocenters. The van der Waals surface area contributed by atoms with E-state index in [4.69, 9.17) is 16.3 Å². The average molecular weight is 562 g/mol. The summed E-state index contributed by atoms with van der Waals surface area (Å²) in [4.78, 5) is 18.1. The third-order valence-electron chi connectivity index (χ3n) is 5.57. The molecular weight excluding hydrogens is 538 g/mol. The Bertz CT molecular complexity index is 1520. The molecule has 1 N–H and O–H groups in total. The Hall–Kier alpha value is -3.66. The lowest BCUT2D eigenvalue weighted by Gasteiger charge is -2.11. The molecule has 0 aliphatic heterocycles. The van der Waals surface area contributed by atoms with Gasteiger partial charge in [0.1, 0.15) is 12.4 Å². The van der Waals surface area contributed by atoms with E-state index in [1.54, 1.807) is 6.20 Å². The quantitative estimate of drug-likeness (QED) is 0.194. The number of amides is 1. The number of carbonyl (C=O) groups is 1. The van der Waals surface area contributed by atoms with Crippen LogP contribution in [0.5, 0.6) is 5.75 Å². The van der Waals surface area contributed by atoms with Crippen LogP contribution >= 0.6 is 34.7 Å². The zero-order chi connectivity index (χ0) is 26.3. The summed E-state index contributed by atoms with van der Waals surface area (Å²) in [5, 5.41) is 13.5. The van der Waals surface area contributed by atoms with Crippen molar-refractivity contribution >= 4 is 45.7 Å². The van der Waals surface area contributed by atoms with Crippen LogP contribution in [-0.2, 0) is 17.8 Å². The third-order valence-corrected chi connectivity index (χ3v) is 7.82. The van der Waals surface area contributed by atoms with Gasteiger partial charge in [-0.25, -0.2) is 4.98 Å². The maximum absolute atomic E-state index is 12.7. The third kappa shape index (κ3) is 6.61. The van der Waals surface area contributed by atoms with Crippen LogP contribution in [0.4, 0.5) is 5.13 Å². The minimum Gasteiger partial charge on any atom is -0.486 e. The molecule has 0 spiro atoms. The zero-order valence-electron chi connectivity index (χ0n) is 20.5. The van der Waals surface area contributed by atoms with Crippen molar-refractivity contribution in [1.82, 2.24) is 19.7 Å². The lowest BCUT2D eigenvalue weighted by molar-refractivity contribution is -0.113. The first-order valence-electron chi connectivity index (χ1n) is 11.8. The van der Waals surface area contributed by atoms with Gasteiger partial charge in [-0.05, 0) is 48.4 Å². The van der Waals surface area contributed by atoms with Gasteiger partial charge in [0.25, 0.3) is 0 Å². The number of halogens is 1. The fraction of sp³-hybridized carbons (Fsp3) is 0.143. The van der Waals surface area contributed by atoms with Gasteiger partial charge in [-0.2, -0.15) is 0 Å². The Kier molecular flexibility index (Phi) is 8.37. The normalized spacial score (nSPS) is 10.9. The van der Waals surface area contributed by atoms with E-state index in [9.17, 15) is 4.79 Å². The molecule has 2 aromatic heterocycles. The van der Waals surface area contributed by atoms with Crippen LogP contribution in [0.2, 0.25) is 5.02 Å². The number of thiazole rings is 1. The van der Waals surface area contributed by atoms with Crippen LogP contribution in [0.1, 0.15) is 21.8 Å². The molecule has 0 aliphatic carbocycles. The number of thioether (sulfide) groups is 1. The SMILES string of the molecule is Cc1ccc(Cc2cnc(NC(=O)CSc3nnc(COc4ccccc4)n3-c3ccccc3)s2)cc1Cl. The highest BCUT2D eigenvalue weighted by molar-refractivity contribution is 7.99. The van der Waals surface area contributed by atoms with Crippen LogP contribution in [0, 0.1) is 6.92 Å². The Balaban J connectivity index is 1.22. The molecule has 0 saturated carbocycles. The molecule has 5 aromatic rings. The van der Waals surface area contributed by atoms with E-state index in [2.05, 4.69) is 26.6 Å². The minimum atomic E-state index is -0.168. The van der Waals surface area contributed by atoms with Gasteiger partial charge < -0.3 is 10.1 Å². The molecule has 38 heavy (non-hydrogen) atoms. The summed E-state index contributed by atoms with van der Waals surface area (Å²) in [6.45, 7) is 2.22. The highest BCUT2D eigenvalue weighted by Crippen LogP contribution is 2.26. The molecule has 10 heteroatoms. The second kappa shape index (κ2) is 12.3. The van der Waals surface area contributed by atoms with E-state index in [-0.39, 0.29) is 18.3 Å². The highest BCUT2D eigenvalue weighted by atomic mass is 35.5. The van der Waals surface area contributed by atoms with Crippen molar-refractivity contribution in [2.45, 2.75) is 25.1 Å². The van der Waals surface area contributed by atoms with Gasteiger partial charge >= 0.3 is 0 Å².